The van der Waals surface area contributed by atoms with Crippen molar-refractivity contribution < 1.29 is 9.15 Å². The van der Waals surface area contributed by atoms with Gasteiger partial charge in [0.2, 0.25) is 0 Å². The van der Waals surface area contributed by atoms with E-state index in [9.17, 15) is 0 Å². The fourth-order valence-electron chi connectivity index (χ4n) is 1.39. The van der Waals surface area contributed by atoms with Gasteiger partial charge in [-0.2, -0.15) is 0 Å². The monoisotopic (exact) mass is 315 g/mol. The van der Waals surface area contributed by atoms with E-state index in [1.165, 1.54) is 0 Å². The average molecular weight is 317 g/mol. The third-order valence-electron chi connectivity index (χ3n) is 2.30. The van der Waals surface area contributed by atoms with E-state index in [-0.39, 0.29) is 0 Å². The fourth-order valence-corrected chi connectivity index (χ4v) is 1.92. The molecule has 0 saturated heterocycles. The quantitative estimate of drug-likeness (QED) is 0.912. The first kappa shape index (κ1) is 12.3. The number of halogens is 2. The van der Waals surface area contributed by atoms with E-state index in [0.717, 1.165) is 21.7 Å². The van der Waals surface area contributed by atoms with Crippen molar-refractivity contribution in [2.24, 2.45) is 0 Å². The van der Waals surface area contributed by atoms with Crippen LogP contribution in [0.2, 0.25) is 5.02 Å². The predicted molar refractivity (Wildman–Crippen MR) is 71.7 cm³/mol. The minimum atomic E-state index is 0.556. The molecule has 0 spiro atoms. The Morgan fingerprint density at radius 3 is 2.88 bits per heavy atom. The standard InChI is InChI=1S/C12H11BrClNO2/c1-16-8-2-3-10(14)11(6-8)15-7-12-9(13)4-5-17-12/h2-6,15H,7H2,1H3. The van der Waals surface area contributed by atoms with Crippen LogP contribution in [-0.4, -0.2) is 7.11 Å². The number of ether oxygens (including phenoxy) is 1. The molecular formula is C12H11BrClNO2. The van der Waals surface area contributed by atoms with Crippen molar-refractivity contribution in [1.29, 1.82) is 0 Å². The lowest BCUT2D eigenvalue weighted by Crippen LogP contribution is -1.99. The van der Waals surface area contributed by atoms with Crippen molar-refractivity contribution in [2.75, 3.05) is 12.4 Å². The fraction of sp³-hybridized carbons (Fsp3) is 0.167. The largest absolute Gasteiger partial charge is 0.497 e. The normalized spacial score (nSPS) is 10.3. The van der Waals surface area contributed by atoms with Crippen LogP contribution in [0.25, 0.3) is 0 Å². The summed E-state index contributed by atoms with van der Waals surface area (Å²) >= 11 is 9.47. The first-order chi connectivity index (χ1) is 8.20. The molecular weight excluding hydrogens is 305 g/mol. The van der Waals surface area contributed by atoms with Crippen molar-refractivity contribution in [3.05, 3.63) is 45.8 Å². The van der Waals surface area contributed by atoms with Gasteiger partial charge in [-0.3, -0.25) is 0 Å². The van der Waals surface area contributed by atoms with Crippen molar-refractivity contribution >= 4 is 33.2 Å². The van der Waals surface area contributed by atoms with E-state index in [2.05, 4.69) is 21.2 Å². The Morgan fingerprint density at radius 1 is 1.41 bits per heavy atom. The van der Waals surface area contributed by atoms with Crippen molar-refractivity contribution in [3.63, 3.8) is 0 Å². The first-order valence-electron chi connectivity index (χ1n) is 5.00. The highest BCUT2D eigenvalue weighted by molar-refractivity contribution is 9.10. The molecule has 1 heterocycles. The van der Waals surface area contributed by atoms with Crippen LogP contribution in [0.4, 0.5) is 5.69 Å². The molecule has 2 aromatic rings. The molecule has 0 fully saturated rings. The van der Waals surface area contributed by atoms with Crippen molar-refractivity contribution in [2.45, 2.75) is 6.54 Å². The van der Waals surface area contributed by atoms with E-state index < -0.39 is 0 Å². The smallest absolute Gasteiger partial charge is 0.136 e. The van der Waals surface area contributed by atoms with Crippen LogP contribution in [0.1, 0.15) is 5.76 Å². The predicted octanol–water partition coefficient (Wildman–Crippen LogP) is 4.32. The maximum Gasteiger partial charge on any atom is 0.136 e. The Morgan fingerprint density at radius 2 is 2.24 bits per heavy atom. The summed E-state index contributed by atoms with van der Waals surface area (Å²) in [5, 5.41) is 3.84. The second-order valence-corrected chi connectivity index (χ2v) is 4.65. The highest BCUT2D eigenvalue weighted by atomic mass is 79.9. The summed E-state index contributed by atoms with van der Waals surface area (Å²) in [5.41, 5.74) is 0.814. The van der Waals surface area contributed by atoms with Gasteiger partial charge in [-0.25, -0.2) is 0 Å². The molecule has 0 unspecified atom stereocenters. The maximum atomic E-state index is 6.07. The lowest BCUT2D eigenvalue weighted by Gasteiger charge is -2.09. The van der Waals surface area contributed by atoms with Gasteiger partial charge in [0.05, 0.1) is 35.1 Å². The van der Waals surface area contributed by atoms with Gasteiger partial charge in [0.15, 0.2) is 0 Å². The summed E-state index contributed by atoms with van der Waals surface area (Å²) < 4.78 is 11.4. The van der Waals surface area contributed by atoms with E-state index in [0.29, 0.717) is 11.6 Å². The van der Waals surface area contributed by atoms with Gasteiger partial charge < -0.3 is 14.5 Å². The van der Waals surface area contributed by atoms with Crippen LogP contribution in [0, 0.1) is 0 Å². The second-order valence-electron chi connectivity index (χ2n) is 3.39. The zero-order chi connectivity index (χ0) is 12.3. The molecule has 0 amide bonds. The maximum absolute atomic E-state index is 6.07. The molecule has 17 heavy (non-hydrogen) atoms. The van der Waals surface area contributed by atoms with Gasteiger partial charge in [-0.05, 0) is 34.1 Å². The SMILES string of the molecule is COc1ccc(Cl)c(NCc2occc2Br)c1. The number of rotatable bonds is 4. The Bertz CT molecular complexity index is 513. The molecule has 0 atom stereocenters. The number of benzene rings is 1. The number of hydrogen-bond donors (Lipinski definition) is 1. The Hall–Kier alpha value is -1.13. The molecule has 5 heteroatoms. The number of hydrogen-bond acceptors (Lipinski definition) is 3. The molecule has 1 aromatic heterocycles. The minimum absolute atomic E-state index is 0.556. The molecule has 3 nitrogen and oxygen atoms in total. The number of furan rings is 1. The molecule has 0 aliphatic rings. The number of methoxy groups -OCH3 is 1. The van der Waals surface area contributed by atoms with Crippen molar-refractivity contribution in [3.8, 4) is 5.75 Å². The number of anilines is 1. The van der Waals surface area contributed by atoms with Gasteiger partial charge in [-0.1, -0.05) is 11.6 Å². The van der Waals surface area contributed by atoms with E-state index >= 15 is 0 Å². The summed E-state index contributed by atoms with van der Waals surface area (Å²) in [6.07, 6.45) is 1.63. The van der Waals surface area contributed by atoms with Crippen LogP contribution >= 0.6 is 27.5 Å². The zero-order valence-corrected chi connectivity index (χ0v) is 11.5. The van der Waals surface area contributed by atoms with Crippen molar-refractivity contribution in [1.82, 2.24) is 0 Å². The molecule has 1 aromatic carbocycles. The minimum Gasteiger partial charge on any atom is -0.497 e. The van der Waals surface area contributed by atoms with E-state index in [4.69, 9.17) is 20.8 Å². The summed E-state index contributed by atoms with van der Waals surface area (Å²) in [5.74, 6) is 1.58. The average Bonchev–Trinajstić information content (AvgIpc) is 2.74. The first-order valence-corrected chi connectivity index (χ1v) is 6.17. The van der Waals surface area contributed by atoms with Crippen LogP contribution in [-0.2, 0) is 6.54 Å². The molecule has 2 rings (SSSR count). The molecule has 0 radical (unpaired) electrons. The molecule has 0 aliphatic heterocycles. The third-order valence-corrected chi connectivity index (χ3v) is 3.34. The van der Waals surface area contributed by atoms with Gasteiger partial charge in [0.25, 0.3) is 0 Å². The second kappa shape index (κ2) is 5.47. The Labute approximate surface area is 113 Å². The zero-order valence-electron chi connectivity index (χ0n) is 9.17. The molecule has 1 N–H and O–H groups in total. The van der Waals surface area contributed by atoms with Gasteiger partial charge in [0, 0.05) is 6.07 Å². The number of nitrogens with one attached hydrogen (secondary N) is 1. The highest BCUT2D eigenvalue weighted by Crippen LogP contribution is 2.28. The topological polar surface area (TPSA) is 34.4 Å². The molecule has 0 aliphatic carbocycles. The van der Waals surface area contributed by atoms with Crippen LogP contribution in [0.15, 0.2) is 39.4 Å². The molecule has 90 valence electrons. The van der Waals surface area contributed by atoms with Crippen LogP contribution < -0.4 is 10.1 Å². The Balaban J connectivity index is 2.11. The lowest BCUT2D eigenvalue weighted by atomic mass is 10.3. The third kappa shape index (κ3) is 2.96. The van der Waals surface area contributed by atoms with E-state index in [1.54, 1.807) is 19.4 Å². The summed E-state index contributed by atoms with van der Waals surface area (Å²) in [4.78, 5) is 0. The lowest BCUT2D eigenvalue weighted by molar-refractivity contribution is 0.415. The summed E-state index contributed by atoms with van der Waals surface area (Å²) in [6.45, 7) is 0.556. The highest BCUT2D eigenvalue weighted by Gasteiger charge is 2.06. The van der Waals surface area contributed by atoms with E-state index in [1.807, 2.05) is 18.2 Å². The van der Waals surface area contributed by atoms with Gasteiger partial charge in [0.1, 0.15) is 11.5 Å². The van der Waals surface area contributed by atoms with Gasteiger partial charge in [-0.15, -0.1) is 0 Å². The van der Waals surface area contributed by atoms with Gasteiger partial charge >= 0.3 is 0 Å². The molecule has 0 bridgehead atoms. The van der Waals surface area contributed by atoms with Crippen LogP contribution in [0.3, 0.4) is 0 Å². The Kier molecular flexibility index (Phi) is 3.97. The summed E-state index contributed by atoms with van der Waals surface area (Å²) in [7, 11) is 1.62. The van der Waals surface area contributed by atoms with Crippen LogP contribution in [0.5, 0.6) is 5.75 Å². The summed E-state index contributed by atoms with van der Waals surface area (Å²) in [6, 6.07) is 7.31. The molecule has 0 saturated carbocycles.